The quantitative estimate of drug-likeness (QED) is 0.635. The lowest BCUT2D eigenvalue weighted by atomic mass is 10.4. The molecule has 0 radical (unpaired) electrons. The lowest BCUT2D eigenvalue weighted by Crippen LogP contribution is -2.38. The zero-order chi connectivity index (χ0) is 11.8. The van der Waals surface area contributed by atoms with Crippen LogP contribution in [0.4, 0.5) is 0 Å². The smallest absolute Gasteiger partial charge is 0.317 e. The number of aliphatic carboxylic acids is 1. The summed E-state index contributed by atoms with van der Waals surface area (Å²) in [5.41, 5.74) is 0. The van der Waals surface area contributed by atoms with Gasteiger partial charge in [-0.15, -0.1) is 0 Å². The summed E-state index contributed by atoms with van der Waals surface area (Å²) in [5, 5.41) is 16.8. The van der Waals surface area contributed by atoms with Gasteiger partial charge in [0.1, 0.15) is 0 Å². The van der Waals surface area contributed by atoms with Crippen molar-refractivity contribution in [3.8, 4) is 6.07 Å². The Balaban J connectivity index is 3.91. The van der Waals surface area contributed by atoms with Crippen molar-refractivity contribution < 1.29 is 14.7 Å². The maximum absolute atomic E-state index is 11.4. The van der Waals surface area contributed by atoms with Gasteiger partial charge in [0, 0.05) is 13.6 Å². The highest BCUT2D eigenvalue weighted by Crippen LogP contribution is 1.91. The van der Waals surface area contributed by atoms with Crippen LogP contribution in [-0.2, 0) is 9.59 Å². The molecule has 0 heterocycles. The van der Waals surface area contributed by atoms with Crippen LogP contribution in [0.2, 0.25) is 0 Å². The predicted octanol–water partition coefficient (Wildman–Crippen LogP) is -0.625. The van der Waals surface area contributed by atoms with Crippen LogP contribution in [0.25, 0.3) is 0 Å². The highest BCUT2D eigenvalue weighted by atomic mass is 16.4. The van der Waals surface area contributed by atoms with E-state index in [1.54, 1.807) is 14.1 Å². The Labute approximate surface area is 88.7 Å². The van der Waals surface area contributed by atoms with E-state index in [1.807, 2.05) is 6.07 Å². The summed E-state index contributed by atoms with van der Waals surface area (Å²) >= 11 is 0. The Kier molecular flexibility index (Phi) is 6.06. The topological polar surface area (TPSA) is 84.6 Å². The van der Waals surface area contributed by atoms with Crippen LogP contribution in [0, 0.1) is 11.3 Å². The number of amides is 1. The van der Waals surface area contributed by atoms with Crippen LogP contribution in [0.15, 0.2) is 0 Å². The zero-order valence-corrected chi connectivity index (χ0v) is 8.93. The molecule has 15 heavy (non-hydrogen) atoms. The van der Waals surface area contributed by atoms with Crippen molar-refractivity contribution in [3.05, 3.63) is 0 Å². The van der Waals surface area contributed by atoms with E-state index in [-0.39, 0.29) is 25.4 Å². The van der Waals surface area contributed by atoms with E-state index in [0.29, 0.717) is 6.54 Å². The molecule has 0 bridgehead atoms. The van der Waals surface area contributed by atoms with Crippen molar-refractivity contribution in [2.75, 3.05) is 33.7 Å². The molecule has 6 heteroatoms. The minimum Gasteiger partial charge on any atom is -0.480 e. The van der Waals surface area contributed by atoms with E-state index in [0.717, 1.165) is 0 Å². The molecule has 0 aliphatic rings. The number of rotatable bonds is 6. The summed E-state index contributed by atoms with van der Waals surface area (Å²) in [6.45, 7) is 0.252. The number of hydrogen-bond donors (Lipinski definition) is 1. The van der Waals surface area contributed by atoms with Gasteiger partial charge in [-0.25, -0.2) is 0 Å². The molecular formula is C9H15N3O3. The van der Waals surface area contributed by atoms with E-state index < -0.39 is 5.97 Å². The van der Waals surface area contributed by atoms with Crippen molar-refractivity contribution in [3.63, 3.8) is 0 Å². The highest BCUT2D eigenvalue weighted by Gasteiger charge is 2.12. The molecule has 0 aromatic carbocycles. The van der Waals surface area contributed by atoms with Crippen molar-refractivity contribution in [1.29, 1.82) is 5.26 Å². The Hall–Kier alpha value is -1.61. The number of hydrogen-bond acceptors (Lipinski definition) is 4. The molecule has 1 amide bonds. The van der Waals surface area contributed by atoms with Gasteiger partial charge >= 0.3 is 5.97 Å². The zero-order valence-electron chi connectivity index (χ0n) is 8.93. The second-order valence-electron chi connectivity index (χ2n) is 3.29. The molecule has 0 aromatic heterocycles. The van der Waals surface area contributed by atoms with Gasteiger partial charge in [-0.1, -0.05) is 0 Å². The summed E-state index contributed by atoms with van der Waals surface area (Å²) in [7, 11) is 3.15. The maximum Gasteiger partial charge on any atom is 0.317 e. The predicted molar refractivity (Wildman–Crippen MR) is 53.0 cm³/mol. The first-order chi connectivity index (χ1) is 6.97. The standard InChI is InChI=1S/C9H15N3O3/c1-11(7-9(14)15)6-8(13)12(2)5-3-4-10/h3,5-7H2,1-2H3,(H,14,15). The molecular weight excluding hydrogens is 198 g/mol. The molecule has 0 fully saturated rings. The van der Waals surface area contributed by atoms with E-state index in [2.05, 4.69) is 0 Å². The number of carboxylic acid groups (broad SMARTS) is 1. The number of carbonyl (C=O) groups excluding carboxylic acids is 1. The molecule has 0 saturated heterocycles. The van der Waals surface area contributed by atoms with Crippen molar-refractivity contribution >= 4 is 11.9 Å². The Morgan fingerprint density at radius 2 is 1.93 bits per heavy atom. The summed E-state index contributed by atoms with van der Waals surface area (Å²) < 4.78 is 0. The average Bonchev–Trinajstić information content (AvgIpc) is 2.12. The van der Waals surface area contributed by atoms with Crippen LogP contribution in [0.5, 0.6) is 0 Å². The van der Waals surface area contributed by atoms with Gasteiger partial charge in [0.15, 0.2) is 0 Å². The molecule has 0 aromatic rings. The largest absolute Gasteiger partial charge is 0.480 e. The van der Waals surface area contributed by atoms with E-state index >= 15 is 0 Å². The van der Waals surface area contributed by atoms with Crippen molar-refractivity contribution in [1.82, 2.24) is 9.80 Å². The summed E-state index contributed by atoms with van der Waals surface area (Å²) in [6.07, 6.45) is 0.283. The third kappa shape index (κ3) is 6.46. The van der Waals surface area contributed by atoms with Crippen molar-refractivity contribution in [2.45, 2.75) is 6.42 Å². The average molecular weight is 213 g/mol. The van der Waals surface area contributed by atoms with Gasteiger partial charge in [0.05, 0.1) is 25.6 Å². The SMILES string of the molecule is CN(CC(=O)O)CC(=O)N(C)CCC#N. The first-order valence-electron chi connectivity index (χ1n) is 4.48. The highest BCUT2D eigenvalue weighted by molar-refractivity contribution is 5.78. The normalized spacial score (nSPS) is 9.73. The summed E-state index contributed by atoms with van der Waals surface area (Å²) in [5.74, 6) is -1.15. The van der Waals surface area contributed by atoms with Crippen LogP contribution in [0.1, 0.15) is 6.42 Å². The summed E-state index contributed by atoms with van der Waals surface area (Å²) in [4.78, 5) is 24.6. The fourth-order valence-corrected chi connectivity index (χ4v) is 0.981. The fourth-order valence-electron chi connectivity index (χ4n) is 0.981. The van der Waals surface area contributed by atoms with Crippen molar-refractivity contribution in [2.24, 2.45) is 0 Å². The molecule has 0 rings (SSSR count). The molecule has 84 valence electrons. The van der Waals surface area contributed by atoms with E-state index in [9.17, 15) is 9.59 Å². The Bertz CT molecular complexity index is 272. The van der Waals surface area contributed by atoms with E-state index in [4.69, 9.17) is 10.4 Å². The molecule has 0 unspecified atom stereocenters. The van der Waals surface area contributed by atoms with Crippen LogP contribution in [-0.4, -0.2) is 60.5 Å². The minimum absolute atomic E-state index is 0.0498. The molecule has 0 saturated carbocycles. The first-order valence-corrected chi connectivity index (χ1v) is 4.48. The van der Waals surface area contributed by atoms with Gasteiger partial charge in [0.2, 0.25) is 5.91 Å². The van der Waals surface area contributed by atoms with Crippen LogP contribution >= 0.6 is 0 Å². The van der Waals surface area contributed by atoms with Gasteiger partial charge in [0.25, 0.3) is 0 Å². The molecule has 6 nitrogen and oxygen atoms in total. The molecule has 0 atom stereocenters. The number of nitrogens with zero attached hydrogens (tertiary/aromatic N) is 3. The van der Waals surface area contributed by atoms with Gasteiger partial charge in [-0.05, 0) is 7.05 Å². The number of carbonyl (C=O) groups is 2. The Morgan fingerprint density at radius 3 is 2.40 bits per heavy atom. The maximum atomic E-state index is 11.4. The Morgan fingerprint density at radius 1 is 1.33 bits per heavy atom. The lowest BCUT2D eigenvalue weighted by molar-refractivity contribution is -0.139. The number of likely N-dealkylation sites (N-methyl/N-ethyl adjacent to an activating group) is 2. The third-order valence-electron chi connectivity index (χ3n) is 1.80. The number of carboxylic acids is 1. The van der Waals surface area contributed by atoms with Crippen LogP contribution < -0.4 is 0 Å². The van der Waals surface area contributed by atoms with Gasteiger partial charge < -0.3 is 10.0 Å². The van der Waals surface area contributed by atoms with Gasteiger partial charge in [-0.2, -0.15) is 5.26 Å². The monoisotopic (exact) mass is 213 g/mol. The van der Waals surface area contributed by atoms with Crippen LogP contribution in [0.3, 0.4) is 0 Å². The second kappa shape index (κ2) is 6.79. The second-order valence-corrected chi connectivity index (χ2v) is 3.29. The lowest BCUT2D eigenvalue weighted by Gasteiger charge is -2.19. The molecule has 0 aliphatic heterocycles. The van der Waals surface area contributed by atoms with E-state index in [1.165, 1.54) is 9.80 Å². The molecule has 0 spiro atoms. The number of nitriles is 1. The summed E-state index contributed by atoms with van der Waals surface area (Å²) in [6, 6.07) is 1.94. The molecule has 0 aliphatic carbocycles. The first kappa shape index (κ1) is 13.4. The third-order valence-corrected chi connectivity index (χ3v) is 1.80. The fraction of sp³-hybridized carbons (Fsp3) is 0.667. The minimum atomic E-state index is -0.968. The van der Waals surface area contributed by atoms with Gasteiger partial charge in [-0.3, -0.25) is 14.5 Å². The molecule has 1 N–H and O–H groups in total.